The molecule has 0 aromatic heterocycles. The molecule has 3 aromatic carbocycles. The van der Waals surface area contributed by atoms with E-state index in [9.17, 15) is 22.8 Å². The van der Waals surface area contributed by atoms with Gasteiger partial charge in [-0.25, -0.2) is 4.79 Å². The number of benzene rings is 3. The summed E-state index contributed by atoms with van der Waals surface area (Å²) in [6.07, 6.45) is -4.63. The van der Waals surface area contributed by atoms with Gasteiger partial charge in [0.05, 0.1) is 29.1 Å². The number of anilines is 2. The smallest absolute Gasteiger partial charge is 0.416 e. The van der Waals surface area contributed by atoms with Crippen molar-refractivity contribution in [2.24, 2.45) is 4.99 Å². The molecule has 12 heteroatoms. The molecular weight excluding hydrogens is 505 g/mol. The van der Waals surface area contributed by atoms with Crippen LogP contribution in [0.3, 0.4) is 0 Å². The summed E-state index contributed by atoms with van der Waals surface area (Å²) < 4.78 is 50.5. The molecule has 0 heterocycles. The third-order valence-electron chi connectivity index (χ3n) is 5.01. The molecule has 0 atom stereocenters. The van der Waals surface area contributed by atoms with E-state index in [4.69, 9.17) is 14.6 Å². The van der Waals surface area contributed by atoms with Crippen molar-refractivity contribution in [1.29, 1.82) is 0 Å². The highest BCUT2D eigenvalue weighted by atomic mass is 19.4. The summed E-state index contributed by atoms with van der Waals surface area (Å²) in [4.78, 5) is 30.3. The molecule has 0 radical (unpaired) electrons. The Labute approximate surface area is 216 Å². The number of alkyl halides is 3. The zero-order valence-corrected chi connectivity index (χ0v) is 20.5. The average Bonchev–Trinajstić information content (AvgIpc) is 2.87. The van der Waals surface area contributed by atoms with Crippen LogP contribution in [0.25, 0.3) is 0 Å². The molecule has 38 heavy (non-hydrogen) atoms. The second-order valence-electron chi connectivity index (χ2n) is 8.03. The van der Waals surface area contributed by atoms with Crippen LogP contribution in [0.4, 0.5) is 35.0 Å². The van der Waals surface area contributed by atoms with Crippen LogP contribution in [0.1, 0.15) is 15.9 Å². The van der Waals surface area contributed by atoms with Gasteiger partial charge in [-0.05, 0) is 55.2 Å². The normalized spacial score (nSPS) is 10.9. The maximum Gasteiger partial charge on any atom is 0.416 e. The summed E-state index contributed by atoms with van der Waals surface area (Å²) in [5, 5.41) is 13.8. The predicted molar refractivity (Wildman–Crippen MR) is 137 cm³/mol. The van der Waals surface area contributed by atoms with Crippen LogP contribution in [0.2, 0.25) is 0 Å². The highest BCUT2D eigenvalue weighted by Gasteiger charge is 2.31. The van der Waals surface area contributed by atoms with Crippen LogP contribution in [-0.4, -0.2) is 56.0 Å². The first kappa shape index (κ1) is 28.0. The van der Waals surface area contributed by atoms with Gasteiger partial charge in [0.1, 0.15) is 23.9 Å². The van der Waals surface area contributed by atoms with E-state index in [0.717, 1.165) is 18.2 Å². The molecule has 3 amide bonds. The van der Waals surface area contributed by atoms with E-state index in [2.05, 4.69) is 22.3 Å². The summed E-state index contributed by atoms with van der Waals surface area (Å²) >= 11 is 0. The Morgan fingerprint density at radius 1 is 1.03 bits per heavy atom. The molecule has 0 saturated carbocycles. The van der Waals surface area contributed by atoms with Crippen molar-refractivity contribution in [2.45, 2.75) is 6.18 Å². The molecule has 0 unspecified atom stereocenters. The van der Waals surface area contributed by atoms with Gasteiger partial charge in [0.15, 0.2) is 0 Å². The number of carbonyl (C=O) groups is 2. The number of aliphatic hydroxyl groups excluding tert-OH is 1. The molecule has 0 spiro atoms. The van der Waals surface area contributed by atoms with Gasteiger partial charge in [0, 0.05) is 25.8 Å². The van der Waals surface area contributed by atoms with Gasteiger partial charge in [0.25, 0.3) is 5.91 Å². The molecule has 200 valence electrons. The lowest BCUT2D eigenvalue weighted by atomic mass is 10.1. The van der Waals surface area contributed by atoms with Gasteiger partial charge in [-0.2, -0.15) is 13.2 Å². The number of nitrogens with zero attached hydrogens (tertiary/aromatic N) is 2. The van der Waals surface area contributed by atoms with Crippen molar-refractivity contribution in [3.63, 3.8) is 0 Å². The third-order valence-corrected chi connectivity index (χ3v) is 5.01. The number of rotatable bonds is 9. The van der Waals surface area contributed by atoms with E-state index in [0.29, 0.717) is 17.2 Å². The quantitative estimate of drug-likeness (QED) is 0.314. The van der Waals surface area contributed by atoms with Crippen molar-refractivity contribution in [1.82, 2.24) is 4.90 Å². The Hall–Kier alpha value is -4.58. The first-order valence-corrected chi connectivity index (χ1v) is 11.1. The number of ether oxygens (including phenoxy) is 2. The second-order valence-corrected chi connectivity index (χ2v) is 8.03. The summed E-state index contributed by atoms with van der Waals surface area (Å²) in [7, 11) is 3.20. The Kier molecular flexibility index (Phi) is 8.92. The van der Waals surface area contributed by atoms with Gasteiger partial charge in [-0.1, -0.05) is 6.07 Å². The molecule has 3 N–H and O–H groups in total. The minimum absolute atomic E-state index is 0.0418. The molecule has 3 rings (SSSR count). The Balaban J connectivity index is 1.77. The zero-order valence-electron chi connectivity index (χ0n) is 20.5. The fourth-order valence-corrected chi connectivity index (χ4v) is 3.27. The summed E-state index contributed by atoms with van der Waals surface area (Å²) in [5.74, 6) is 0.317. The fraction of sp³-hybridized carbons (Fsp3) is 0.192. The fourth-order valence-electron chi connectivity index (χ4n) is 3.27. The average molecular weight is 531 g/mol. The first-order chi connectivity index (χ1) is 18.0. The van der Waals surface area contributed by atoms with E-state index in [-0.39, 0.29) is 41.8 Å². The number of urea groups is 1. The molecule has 0 fully saturated rings. The number of carbonyl (C=O) groups excluding carboxylic acids is 2. The summed E-state index contributed by atoms with van der Waals surface area (Å²) in [5.41, 5.74) is -0.258. The van der Waals surface area contributed by atoms with Crippen LogP contribution in [-0.2, 0) is 6.18 Å². The first-order valence-electron chi connectivity index (χ1n) is 11.1. The number of hydrogen-bond donors (Lipinski definition) is 3. The maximum atomic E-state index is 13.2. The van der Waals surface area contributed by atoms with Gasteiger partial charge in [-0.15, -0.1) is 0 Å². The van der Waals surface area contributed by atoms with E-state index in [1.807, 2.05) is 0 Å². The topological polar surface area (TPSA) is 112 Å². The monoisotopic (exact) mass is 530 g/mol. The maximum absolute atomic E-state index is 13.2. The highest BCUT2D eigenvalue weighted by Crippen LogP contribution is 2.35. The number of hydrogen-bond acceptors (Lipinski definition) is 6. The number of nitrogens with one attached hydrogen (secondary N) is 2. The minimum Gasteiger partial charge on any atom is -0.489 e. The van der Waals surface area contributed by atoms with Crippen molar-refractivity contribution < 1.29 is 37.3 Å². The lowest BCUT2D eigenvalue weighted by Gasteiger charge is -2.16. The van der Waals surface area contributed by atoms with Crippen molar-refractivity contribution in [3.05, 3.63) is 71.8 Å². The van der Waals surface area contributed by atoms with Crippen molar-refractivity contribution in [2.75, 3.05) is 37.9 Å². The van der Waals surface area contributed by atoms with Crippen LogP contribution < -0.4 is 20.1 Å². The molecule has 3 aromatic rings. The van der Waals surface area contributed by atoms with Gasteiger partial charge in [0.2, 0.25) is 0 Å². The molecule has 0 saturated heterocycles. The van der Waals surface area contributed by atoms with Crippen LogP contribution in [0, 0.1) is 0 Å². The zero-order chi connectivity index (χ0) is 27.9. The van der Waals surface area contributed by atoms with Crippen LogP contribution in [0.5, 0.6) is 17.2 Å². The van der Waals surface area contributed by atoms with E-state index in [1.54, 1.807) is 44.4 Å². The molecule has 0 aliphatic rings. The van der Waals surface area contributed by atoms with E-state index >= 15 is 0 Å². The Morgan fingerprint density at radius 2 is 1.76 bits per heavy atom. The summed E-state index contributed by atoms with van der Waals surface area (Å²) in [6.45, 7) is 2.93. The molecular formula is C26H25F3N4O5. The van der Waals surface area contributed by atoms with Crippen molar-refractivity contribution >= 4 is 35.7 Å². The van der Waals surface area contributed by atoms with Crippen LogP contribution >= 0.6 is 0 Å². The molecule has 0 aliphatic carbocycles. The van der Waals surface area contributed by atoms with Crippen LogP contribution in [0.15, 0.2) is 65.7 Å². The predicted octanol–water partition coefficient (Wildman–Crippen LogP) is 5.55. The minimum atomic E-state index is -4.63. The van der Waals surface area contributed by atoms with E-state index in [1.165, 1.54) is 17.0 Å². The Bertz CT molecular complexity index is 1330. The summed E-state index contributed by atoms with van der Waals surface area (Å²) in [6, 6.07) is 12.7. The molecule has 0 bridgehead atoms. The third kappa shape index (κ3) is 7.23. The van der Waals surface area contributed by atoms with Crippen molar-refractivity contribution in [3.8, 4) is 17.2 Å². The highest BCUT2D eigenvalue weighted by molar-refractivity contribution is 6.01. The number of aliphatic imine (C=N–C) groups is 1. The largest absolute Gasteiger partial charge is 0.489 e. The SMILES string of the molecule is C=Nc1ccc(Oc2cccc(NC(=O)Nc3cc(C(F)(F)F)ccc3OCCO)c2)cc1C(=O)N(C)C. The van der Waals surface area contributed by atoms with Gasteiger partial charge < -0.3 is 30.1 Å². The molecule has 0 aliphatic heterocycles. The number of halogens is 3. The molecule has 9 nitrogen and oxygen atoms in total. The lowest BCUT2D eigenvalue weighted by molar-refractivity contribution is -0.137. The second kappa shape index (κ2) is 12.1. The Morgan fingerprint density at radius 3 is 2.42 bits per heavy atom. The standard InChI is InChI=1S/C26H25F3N4O5/c1-30-21-9-8-19(15-20(21)24(35)33(2)3)38-18-6-4-5-17(14-18)31-25(36)32-22-13-16(26(27,28)29)7-10-23(22)37-12-11-34/h4-10,13-15,34H,1,11-12H2,2-3H3,(H2,31,32,36). The lowest BCUT2D eigenvalue weighted by Crippen LogP contribution is -2.21. The van der Waals surface area contributed by atoms with Gasteiger partial charge >= 0.3 is 12.2 Å². The van der Waals surface area contributed by atoms with Gasteiger partial charge in [-0.3, -0.25) is 9.79 Å². The van der Waals surface area contributed by atoms with E-state index < -0.39 is 17.8 Å². The number of aliphatic hydroxyl groups is 1. The number of amides is 3.